The SMILES string of the molecule is CC(c1nc(C(C)(C)C)no1)N1CCN(C(=O)c2ccccc2)CC1. The number of hydrogen-bond acceptors (Lipinski definition) is 5. The Labute approximate surface area is 148 Å². The Hall–Kier alpha value is -2.21. The lowest BCUT2D eigenvalue weighted by molar-refractivity contribution is 0.0551. The number of nitrogens with zero attached hydrogens (tertiary/aromatic N) is 4. The summed E-state index contributed by atoms with van der Waals surface area (Å²) in [5, 5.41) is 4.11. The molecule has 3 rings (SSSR count). The van der Waals surface area contributed by atoms with Crippen molar-refractivity contribution in [3.63, 3.8) is 0 Å². The van der Waals surface area contributed by atoms with Crippen LogP contribution in [-0.4, -0.2) is 52.0 Å². The van der Waals surface area contributed by atoms with Gasteiger partial charge in [0.15, 0.2) is 5.82 Å². The molecular formula is C19H26N4O2. The van der Waals surface area contributed by atoms with Gasteiger partial charge in [-0.1, -0.05) is 44.1 Å². The van der Waals surface area contributed by atoms with Crippen molar-refractivity contribution in [2.24, 2.45) is 0 Å². The van der Waals surface area contributed by atoms with Crippen LogP contribution in [0.25, 0.3) is 0 Å². The molecule has 25 heavy (non-hydrogen) atoms. The molecule has 1 aromatic heterocycles. The molecule has 6 heteroatoms. The van der Waals surface area contributed by atoms with Gasteiger partial charge in [0.25, 0.3) is 5.91 Å². The van der Waals surface area contributed by atoms with E-state index >= 15 is 0 Å². The van der Waals surface area contributed by atoms with Crippen molar-refractivity contribution in [2.75, 3.05) is 26.2 Å². The van der Waals surface area contributed by atoms with Crippen molar-refractivity contribution >= 4 is 5.91 Å². The Morgan fingerprint density at radius 3 is 2.32 bits per heavy atom. The van der Waals surface area contributed by atoms with Gasteiger partial charge in [-0.05, 0) is 19.1 Å². The molecule has 0 N–H and O–H groups in total. The van der Waals surface area contributed by atoms with Crippen molar-refractivity contribution < 1.29 is 9.32 Å². The van der Waals surface area contributed by atoms with Crippen LogP contribution in [0.1, 0.15) is 55.8 Å². The molecule has 1 amide bonds. The summed E-state index contributed by atoms with van der Waals surface area (Å²) in [5.74, 6) is 1.47. The maximum absolute atomic E-state index is 12.5. The molecular weight excluding hydrogens is 316 g/mol. The Morgan fingerprint density at radius 2 is 1.76 bits per heavy atom. The van der Waals surface area contributed by atoms with E-state index in [1.807, 2.05) is 35.2 Å². The van der Waals surface area contributed by atoms with Gasteiger partial charge in [0.2, 0.25) is 5.89 Å². The van der Waals surface area contributed by atoms with Gasteiger partial charge in [-0.3, -0.25) is 9.69 Å². The zero-order valence-corrected chi connectivity index (χ0v) is 15.4. The topological polar surface area (TPSA) is 62.5 Å². The first-order valence-corrected chi connectivity index (χ1v) is 8.79. The number of aromatic nitrogens is 2. The van der Waals surface area contributed by atoms with Gasteiger partial charge in [0, 0.05) is 37.2 Å². The largest absolute Gasteiger partial charge is 0.338 e. The maximum Gasteiger partial charge on any atom is 0.253 e. The zero-order chi connectivity index (χ0) is 18.0. The first-order chi connectivity index (χ1) is 11.9. The van der Waals surface area contributed by atoms with E-state index in [0.717, 1.165) is 24.5 Å². The average Bonchev–Trinajstić information content (AvgIpc) is 3.12. The minimum atomic E-state index is -0.123. The van der Waals surface area contributed by atoms with E-state index in [-0.39, 0.29) is 17.4 Å². The van der Waals surface area contributed by atoms with E-state index in [4.69, 9.17) is 4.52 Å². The highest BCUT2D eigenvalue weighted by atomic mass is 16.5. The van der Waals surface area contributed by atoms with Crippen LogP contribution in [-0.2, 0) is 5.41 Å². The minimum absolute atomic E-state index is 0.0533. The Balaban J connectivity index is 1.60. The molecule has 1 fully saturated rings. The van der Waals surface area contributed by atoms with E-state index in [0.29, 0.717) is 19.0 Å². The van der Waals surface area contributed by atoms with Crippen molar-refractivity contribution in [2.45, 2.75) is 39.2 Å². The monoisotopic (exact) mass is 342 g/mol. The molecule has 2 heterocycles. The lowest BCUT2D eigenvalue weighted by Gasteiger charge is -2.36. The molecule has 134 valence electrons. The fourth-order valence-electron chi connectivity index (χ4n) is 2.94. The standard InChI is InChI=1S/C19H26N4O2/c1-14(16-20-18(21-25-16)19(2,3)4)22-10-12-23(13-11-22)17(24)15-8-6-5-7-9-15/h5-9,14H,10-13H2,1-4H3. The molecule has 1 saturated heterocycles. The quantitative estimate of drug-likeness (QED) is 0.858. The second kappa shape index (κ2) is 6.96. The number of amides is 1. The summed E-state index contributed by atoms with van der Waals surface area (Å²) in [6.45, 7) is 11.3. The van der Waals surface area contributed by atoms with Crippen LogP contribution in [0.15, 0.2) is 34.9 Å². The van der Waals surface area contributed by atoms with Crippen molar-refractivity contribution in [3.8, 4) is 0 Å². The number of benzene rings is 1. The van der Waals surface area contributed by atoms with E-state index < -0.39 is 0 Å². The van der Waals surface area contributed by atoms with Gasteiger partial charge in [0.05, 0.1) is 6.04 Å². The van der Waals surface area contributed by atoms with Crippen LogP contribution in [0, 0.1) is 0 Å². The molecule has 2 aromatic rings. The van der Waals surface area contributed by atoms with Crippen molar-refractivity contribution in [3.05, 3.63) is 47.6 Å². The van der Waals surface area contributed by atoms with Gasteiger partial charge in [-0.25, -0.2) is 0 Å². The molecule has 1 aromatic carbocycles. The van der Waals surface area contributed by atoms with Crippen LogP contribution in [0.4, 0.5) is 0 Å². The first kappa shape index (κ1) is 17.6. The predicted molar refractivity (Wildman–Crippen MR) is 95.3 cm³/mol. The molecule has 0 aliphatic carbocycles. The molecule has 0 bridgehead atoms. The molecule has 1 aliphatic heterocycles. The van der Waals surface area contributed by atoms with E-state index in [1.165, 1.54) is 0 Å². The molecule has 0 spiro atoms. The molecule has 1 unspecified atom stereocenters. The second-order valence-corrected chi connectivity index (χ2v) is 7.58. The Kier molecular flexibility index (Phi) is 4.90. The summed E-state index contributed by atoms with van der Waals surface area (Å²) < 4.78 is 5.47. The number of rotatable bonds is 3. The van der Waals surface area contributed by atoms with Crippen LogP contribution < -0.4 is 0 Å². The number of carbonyl (C=O) groups excluding carboxylic acids is 1. The summed E-state index contributed by atoms with van der Waals surface area (Å²) in [6.07, 6.45) is 0. The third-order valence-electron chi connectivity index (χ3n) is 4.64. The minimum Gasteiger partial charge on any atom is -0.338 e. The van der Waals surface area contributed by atoms with Gasteiger partial charge >= 0.3 is 0 Å². The van der Waals surface area contributed by atoms with E-state index in [1.54, 1.807) is 0 Å². The van der Waals surface area contributed by atoms with Gasteiger partial charge in [0.1, 0.15) is 0 Å². The van der Waals surface area contributed by atoms with Crippen LogP contribution in [0.3, 0.4) is 0 Å². The normalized spacial score (nSPS) is 17.5. The highest BCUT2D eigenvalue weighted by Crippen LogP contribution is 2.24. The lowest BCUT2D eigenvalue weighted by atomic mass is 9.96. The molecule has 6 nitrogen and oxygen atoms in total. The molecule has 1 aliphatic rings. The van der Waals surface area contributed by atoms with Gasteiger partial charge < -0.3 is 9.42 Å². The maximum atomic E-state index is 12.5. The first-order valence-electron chi connectivity index (χ1n) is 8.79. The molecule has 0 saturated carbocycles. The van der Waals surface area contributed by atoms with Crippen LogP contribution in [0.2, 0.25) is 0 Å². The third-order valence-corrected chi connectivity index (χ3v) is 4.64. The zero-order valence-electron chi connectivity index (χ0n) is 15.4. The Bertz CT molecular complexity index is 713. The highest BCUT2D eigenvalue weighted by Gasteiger charge is 2.29. The summed E-state index contributed by atoms with van der Waals surface area (Å²) >= 11 is 0. The Morgan fingerprint density at radius 1 is 1.12 bits per heavy atom. The molecule has 1 atom stereocenters. The lowest BCUT2D eigenvalue weighted by Crippen LogP contribution is -2.49. The fourth-order valence-corrected chi connectivity index (χ4v) is 2.94. The van der Waals surface area contributed by atoms with Gasteiger partial charge in [-0.15, -0.1) is 0 Å². The van der Waals surface area contributed by atoms with Crippen LogP contribution in [0.5, 0.6) is 0 Å². The summed E-state index contributed by atoms with van der Waals surface area (Å²) in [5.41, 5.74) is 0.623. The van der Waals surface area contributed by atoms with Crippen LogP contribution >= 0.6 is 0 Å². The van der Waals surface area contributed by atoms with Crippen molar-refractivity contribution in [1.29, 1.82) is 0 Å². The summed E-state index contributed by atoms with van der Waals surface area (Å²) in [6, 6.07) is 9.50. The predicted octanol–water partition coefficient (Wildman–Crippen LogP) is 2.89. The van der Waals surface area contributed by atoms with Crippen molar-refractivity contribution in [1.82, 2.24) is 19.9 Å². The van der Waals surface area contributed by atoms with E-state index in [2.05, 4.69) is 42.7 Å². The molecule has 0 radical (unpaired) electrons. The second-order valence-electron chi connectivity index (χ2n) is 7.58. The number of carbonyl (C=O) groups is 1. The smallest absolute Gasteiger partial charge is 0.253 e. The highest BCUT2D eigenvalue weighted by molar-refractivity contribution is 5.94. The fraction of sp³-hybridized carbons (Fsp3) is 0.526. The van der Waals surface area contributed by atoms with E-state index in [9.17, 15) is 4.79 Å². The number of hydrogen-bond donors (Lipinski definition) is 0. The average molecular weight is 342 g/mol. The number of piperazine rings is 1. The van der Waals surface area contributed by atoms with Gasteiger partial charge in [-0.2, -0.15) is 4.98 Å². The summed E-state index contributed by atoms with van der Waals surface area (Å²) in [4.78, 5) is 21.3. The summed E-state index contributed by atoms with van der Waals surface area (Å²) in [7, 11) is 0. The third kappa shape index (κ3) is 3.90.